The standard InChI is InChI=1S/C15H16N4OS/c20-15(12-8-18-19-6-5-16-14(12)19)17-7-10-9-21-13-4-2-1-3-11(10)13/h5-6,8-9,18H,1-4,7H2,(H,17,20). The van der Waals surface area contributed by atoms with Crippen molar-refractivity contribution in [3.8, 4) is 0 Å². The number of carbonyl (C=O) groups excluding carboxylic acids is 1. The summed E-state index contributed by atoms with van der Waals surface area (Å²) in [4.78, 5) is 18.0. The van der Waals surface area contributed by atoms with E-state index in [0.29, 0.717) is 17.8 Å². The second-order valence-corrected chi connectivity index (χ2v) is 6.32. The molecule has 3 aromatic heterocycles. The van der Waals surface area contributed by atoms with Crippen LogP contribution in [0.5, 0.6) is 0 Å². The molecule has 6 heteroatoms. The van der Waals surface area contributed by atoms with Crippen molar-refractivity contribution in [1.82, 2.24) is 19.9 Å². The fourth-order valence-corrected chi connectivity index (χ4v) is 4.10. The van der Waals surface area contributed by atoms with Crippen molar-refractivity contribution >= 4 is 22.9 Å². The van der Waals surface area contributed by atoms with E-state index in [9.17, 15) is 4.79 Å². The lowest BCUT2D eigenvalue weighted by atomic mass is 9.96. The van der Waals surface area contributed by atoms with Gasteiger partial charge in [-0.15, -0.1) is 11.3 Å². The van der Waals surface area contributed by atoms with Crippen molar-refractivity contribution in [2.45, 2.75) is 32.2 Å². The van der Waals surface area contributed by atoms with E-state index in [4.69, 9.17) is 0 Å². The maximum absolute atomic E-state index is 12.3. The minimum Gasteiger partial charge on any atom is -0.348 e. The summed E-state index contributed by atoms with van der Waals surface area (Å²) in [7, 11) is 0. The smallest absolute Gasteiger partial charge is 0.256 e. The van der Waals surface area contributed by atoms with Crippen LogP contribution in [0.25, 0.3) is 5.65 Å². The van der Waals surface area contributed by atoms with Crippen LogP contribution in [0.1, 0.15) is 39.2 Å². The van der Waals surface area contributed by atoms with Crippen LogP contribution < -0.4 is 5.32 Å². The number of hydrogen-bond donors (Lipinski definition) is 2. The maximum atomic E-state index is 12.3. The topological polar surface area (TPSA) is 62.2 Å². The third-order valence-corrected chi connectivity index (χ3v) is 5.20. The van der Waals surface area contributed by atoms with Crippen LogP contribution in [-0.2, 0) is 19.4 Å². The number of carbonyl (C=O) groups is 1. The molecule has 0 spiro atoms. The number of amides is 1. The van der Waals surface area contributed by atoms with Gasteiger partial charge in [-0.3, -0.25) is 9.89 Å². The van der Waals surface area contributed by atoms with Crippen molar-refractivity contribution < 1.29 is 4.79 Å². The number of aromatic amines is 1. The Morgan fingerprint density at radius 3 is 3.29 bits per heavy atom. The molecule has 0 aliphatic heterocycles. The van der Waals surface area contributed by atoms with Gasteiger partial charge in [-0.2, -0.15) is 0 Å². The van der Waals surface area contributed by atoms with Crippen LogP contribution in [0.3, 0.4) is 0 Å². The van der Waals surface area contributed by atoms with E-state index < -0.39 is 0 Å². The number of rotatable bonds is 3. The zero-order valence-electron chi connectivity index (χ0n) is 11.6. The molecule has 0 saturated heterocycles. The van der Waals surface area contributed by atoms with E-state index in [1.54, 1.807) is 23.1 Å². The van der Waals surface area contributed by atoms with Crippen LogP contribution in [0.15, 0.2) is 24.0 Å². The van der Waals surface area contributed by atoms with E-state index in [-0.39, 0.29) is 5.91 Å². The molecule has 3 heterocycles. The van der Waals surface area contributed by atoms with Crippen LogP contribution in [0, 0.1) is 0 Å². The summed E-state index contributed by atoms with van der Waals surface area (Å²) in [5, 5.41) is 8.19. The van der Waals surface area contributed by atoms with Gasteiger partial charge in [0.05, 0.1) is 0 Å². The summed E-state index contributed by atoms with van der Waals surface area (Å²) in [6.07, 6.45) is 10.1. The van der Waals surface area contributed by atoms with Crippen LogP contribution in [0.2, 0.25) is 0 Å². The van der Waals surface area contributed by atoms with Gasteiger partial charge in [0.25, 0.3) is 5.91 Å². The molecule has 1 amide bonds. The molecule has 5 nitrogen and oxygen atoms in total. The zero-order chi connectivity index (χ0) is 14.2. The number of aromatic nitrogens is 3. The third-order valence-electron chi connectivity index (χ3n) is 4.06. The molecular formula is C15H16N4OS. The van der Waals surface area contributed by atoms with Crippen LogP contribution in [0.4, 0.5) is 0 Å². The Kier molecular flexibility index (Phi) is 3.03. The summed E-state index contributed by atoms with van der Waals surface area (Å²) in [5.74, 6) is -0.0804. The molecule has 21 heavy (non-hydrogen) atoms. The molecule has 1 aliphatic carbocycles. The van der Waals surface area contributed by atoms with Gasteiger partial charge in [-0.25, -0.2) is 9.50 Å². The van der Waals surface area contributed by atoms with Gasteiger partial charge in [-0.1, -0.05) is 0 Å². The number of hydrogen-bond acceptors (Lipinski definition) is 3. The summed E-state index contributed by atoms with van der Waals surface area (Å²) in [6, 6.07) is 0. The molecule has 1 aliphatic rings. The molecule has 0 unspecified atom stereocenters. The molecule has 4 rings (SSSR count). The van der Waals surface area contributed by atoms with Gasteiger partial charge in [0.1, 0.15) is 5.56 Å². The average molecular weight is 300 g/mol. The van der Waals surface area contributed by atoms with Gasteiger partial charge in [0.15, 0.2) is 5.65 Å². The van der Waals surface area contributed by atoms with Gasteiger partial charge in [0.2, 0.25) is 0 Å². The lowest BCUT2D eigenvalue weighted by Crippen LogP contribution is -2.23. The van der Waals surface area contributed by atoms with Gasteiger partial charge < -0.3 is 5.32 Å². The highest BCUT2D eigenvalue weighted by molar-refractivity contribution is 7.10. The second-order valence-electron chi connectivity index (χ2n) is 5.36. The number of fused-ring (bicyclic) bond motifs is 2. The van der Waals surface area contributed by atoms with E-state index in [0.717, 1.165) is 6.42 Å². The monoisotopic (exact) mass is 300 g/mol. The first-order valence-electron chi connectivity index (χ1n) is 7.19. The minimum atomic E-state index is -0.0804. The zero-order valence-corrected chi connectivity index (χ0v) is 12.4. The Morgan fingerprint density at radius 2 is 2.33 bits per heavy atom. The molecule has 0 saturated carbocycles. The fraction of sp³-hybridized carbons (Fsp3) is 0.333. The van der Waals surface area contributed by atoms with Crippen molar-refractivity contribution in [1.29, 1.82) is 0 Å². The lowest BCUT2D eigenvalue weighted by Gasteiger charge is -2.13. The van der Waals surface area contributed by atoms with Crippen molar-refractivity contribution in [3.05, 3.63) is 45.5 Å². The number of aryl methyl sites for hydroxylation is 1. The molecule has 108 valence electrons. The highest BCUT2D eigenvalue weighted by atomic mass is 32.1. The first kappa shape index (κ1) is 12.6. The third kappa shape index (κ3) is 2.15. The van der Waals surface area contributed by atoms with E-state index in [1.807, 2.05) is 11.3 Å². The lowest BCUT2D eigenvalue weighted by molar-refractivity contribution is 0.0952. The van der Waals surface area contributed by atoms with Gasteiger partial charge >= 0.3 is 0 Å². The first-order chi connectivity index (χ1) is 10.3. The van der Waals surface area contributed by atoms with Gasteiger partial charge in [-0.05, 0) is 42.2 Å². The average Bonchev–Trinajstić information content (AvgIpc) is 3.19. The van der Waals surface area contributed by atoms with E-state index >= 15 is 0 Å². The Bertz CT molecular complexity index is 798. The molecule has 0 atom stereocenters. The Hall–Kier alpha value is -2.08. The maximum Gasteiger partial charge on any atom is 0.256 e. The Morgan fingerprint density at radius 1 is 1.43 bits per heavy atom. The highest BCUT2D eigenvalue weighted by Gasteiger charge is 2.17. The van der Waals surface area contributed by atoms with Crippen molar-refractivity contribution in [2.24, 2.45) is 0 Å². The number of thiophene rings is 1. The summed E-state index contributed by atoms with van der Waals surface area (Å²) >= 11 is 1.83. The normalized spacial score (nSPS) is 14.3. The quantitative estimate of drug-likeness (QED) is 0.781. The molecule has 0 fully saturated rings. The van der Waals surface area contributed by atoms with E-state index in [2.05, 4.69) is 20.8 Å². The highest BCUT2D eigenvalue weighted by Crippen LogP contribution is 2.30. The van der Waals surface area contributed by atoms with Crippen molar-refractivity contribution in [2.75, 3.05) is 0 Å². The molecule has 0 aromatic carbocycles. The van der Waals surface area contributed by atoms with Crippen molar-refractivity contribution in [3.63, 3.8) is 0 Å². The predicted octanol–water partition coefficient (Wildman–Crippen LogP) is 2.53. The number of H-pyrrole nitrogens is 1. The molecule has 2 N–H and O–H groups in total. The number of nitrogens with one attached hydrogen (secondary N) is 2. The second kappa shape index (κ2) is 5.04. The van der Waals surface area contributed by atoms with Gasteiger partial charge in [0, 0.05) is 30.0 Å². The molecule has 0 radical (unpaired) electrons. The number of nitrogens with zero attached hydrogens (tertiary/aromatic N) is 2. The summed E-state index contributed by atoms with van der Waals surface area (Å²) < 4.78 is 1.74. The fourth-order valence-electron chi connectivity index (χ4n) is 2.95. The van der Waals surface area contributed by atoms with Crippen LogP contribution >= 0.6 is 11.3 Å². The molecular weight excluding hydrogens is 284 g/mol. The minimum absolute atomic E-state index is 0.0804. The summed E-state index contributed by atoms with van der Waals surface area (Å²) in [6.45, 7) is 0.600. The first-order valence-corrected chi connectivity index (χ1v) is 8.07. The Balaban J connectivity index is 1.51. The predicted molar refractivity (Wildman–Crippen MR) is 81.7 cm³/mol. The molecule has 0 bridgehead atoms. The number of imidazole rings is 1. The SMILES string of the molecule is O=C(NCc1csc2c1CCCC2)c1c[nH]n2ccnc12. The van der Waals surface area contributed by atoms with Crippen LogP contribution in [-0.4, -0.2) is 20.5 Å². The Labute approximate surface area is 126 Å². The van der Waals surface area contributed by atoms with E-state index in [1.165, 1.54) is 35.3 Å². The summed E-state index contributed by atoms with van der Waals surface area (Å²) in [5.41, 5.74) is 3.99. The largest absolute Gasteiger partial charge is 0.348 e. The molecule has 3 aromatic rings.